The molecule has 0 saturated heterocycles. The highest BCUT2D eigenvalue weighted by molar-refractivity contribution is 6.22. The van der Waals surface area contributed by atoms with Gasteiger partial charge >= 0.3 is 0 Å². The van der Waals surface area contributed by atoms with Gasteiger partial charge in [-0.1, -0.05) is 152 Å². The molecule has 0 fully saturated rings. The summed E-state index contributed by atoms with van der Waals surface area (Å²) in [6.45, 7) is 0. The Labute approximate surface area is 317 Å². The van der Waals surface area contributed by atoms with Crippen molar-refractivity contribution in [2.24, 2.45) is 0 Å². The summed E-state index contributed by atoms with van der Waals surface area (Å²) in [4.78, 5) is 15.6. The first-order valence-corrected chi connectivity index (χ1v) is 18.5. The van der Waals surface area contributed by atoms with Crippen molar-refractivity contribution in [3.63, 3.8) is 0 Å². The third-order valence-electron chi connectivity index (χ3n) is 10.7. The molecule has 9 aromatic carbocycles. The predicted molar refractivity (Wildman–Crippen MR) is 227 cm³/mol. The average molecular weight is 702 g/mol. The second-order valence-electron chi connectivity index (χ2n) is 14.0. The molecule has 0 saturated carbocycles. The van der Waals surface area contributed by atoms with E-state index < -0.39 is 0 Å². The Kier molecular flexibility index (Phi) is 7.14. The van der Waals surface area contributed by atoms with E-state index in [-0.39, 0.29) is 0 Å². The monoisotopic (exact) mass is 701 g/mol. The SMILES string of the molecule is c1ccc(-c2ccc3cc(-c4nc(-c5ccc6ccccc6c5)nc(-c5cc6oc7ccc(-c8ccccc8)cc7c6c6ccccc56)n4)ccc3c2)cc1. The Morgan fingerprint density at radius 1 is 0.291 bits per heavy atom. The minimum Gasteiger partial charge on any atom is -0.456 e. The molecular formula is C51H31N3O. The molecule has 0 atom stereocenters. The Bertz CT molecular complexity index is 3260. The molecule has 0 amide bonds. The first-order chi connectivity index (χ1) is 27.2. The maximum atomic E-state index is 6.61. The quantitative estimate of drug-likeness (QED) is 0.179. The molecule has 4 heteroatoms. The zero-order valence-electron chi connectivity index (χ0n) is 29.6. The number of nitrogens with zero attached hydrogens (tertiary/aromatic N) is 3. The maximum absolute atomic E-state index is 6.61. The van der Waals surface area contributed by atoms with Crippen LogP contribution in [0.2, 0.25) is 0 Å². The Balaban J connectivity index is 1.12. The van der Waals surface area contributed by atoms with Gasteiger partial charge in [-0.05, 0) is 91.0 Å². The Hall–Kier alpha value is -7.43. The number of hydrogen-bond acceptors (Lipinski definition) is 4. The largest absolute Gasteiger partial charge is 0.456 e. The van der Waals surface area contributed by atoms with E-state index in [0.29, 0.717) is 17.5 Å². The Morgan fingerprint density at radius 3 is 1.47 bits per heavy atom. The summed E-state index contributed by atoms with van der Waals surface area (Å²) < 4.78 is 6.61. The van der Waals surface area contributed by atoms with Crippen LogP contribution >= 0.6 is 0 Å². The van der Waals surface area contributed by atoms with Crippen LogP contribution in [0.1, 0.15) is 0 Å². The van der Waals surface area contributed by atoms with Crippen LogP contribution in [0.15, 0.2) is 192 Å². The van der Waals surface area contributed by atoms with Gasteiger partial charge in [0.25, 0.3) is 0 Å². The van der Waals surface area contributed by atoms with Gasteiger partial charge in [0.2, 0.25) is 0 Å². The third kappa shape index (κ3) is 5.43. The number of furan rings is 1. The van der Waals surface area contributed by atoms with E-state index >= 15 is 0 Å². The maximum Gasteiger partial charge on any atom is 0.164 e. The molecule has 11 aromatic rings. The first-order valence-electron chi connectivity index (χ1n) is 18.5. The van der Waals surface area contributed by atoms with E-state index in [9.17, 15) is 0 Å². The number of hydrogen-bond donors (Lipinski definition) is 0. The number of aromatic nitrogens is 3. The van der Waals surface area contributed by atoms with E-state index in [2.05, 4.69) is 176 Å². The molecule has 0 aliphatic heterocycles. The smallest absolute Gasteiger partial charge is 0.164 e. The molecule has 2 heterocycles. The van der Waals surface area contributed by atoms with Crippen molar-refractivity contribution in [1.29, 1.82) is 0 Å². The Morgan fingerprint density at radius 2 is 0.782 bits per heavy atom. The van der Waals surface area contributed by atoms with Crippen molar-refractivity contribution < 1.29 is 4.42 Å². The summed E-state index contributed by atoms with van der Waals surface area (Å²) in [5.41, 5.74) is 9.09. The fourth-order valence-corrected chi connectivity index (χ4v) is 7.91. The van der Waals surface area contributed by atoms with Crippen LogP contribution in [0, 0.1) is 0 Å². The van der Waals surface area contributed by atoms with Gasteiger partial charge in [-0.3, -0.25) is 0 Å². The van der Waals surface area contributed by atoms with E-state index in [1.165, 1.54) is 22.1 Å². The first kappa shape index (κ1) is 31.1. The lowest BCUT2D eigenvalue weighted by atomic mass is 9.97. The summed E-state index contributed by atoms with van der Waals surface area (Å²) in [6.07, 6.45) is 0. The van der Waals surface area contributed by atoms with Gasteiger partial charge in [-0.2, -0.15) is 0 Å². The topological polar surface area (TPSA) is 51.8 Å². The highest BCUT2D eigenvalue weighted by Gasteiger charge is 2.20. The summed E-state index contributed by atoms with van der Waals surface area (Å²) in [7, 11) is 0. The van der Waals surface area contributed by atoms with Crippen LogP contribution in [0.5, 0.6) is 0 Å². The van der Waals surface area contributed by atoms with Crippen LogP contribution < -0.4 is 0 Å². The molecule has 0 bridgehead atoms. The standard InChI is InChI=1S/C51H31N3O/c1-3-11-32(12-4-1)36-20-21-38-29-41(24-22-37(38)27-36)50-52-49(40-23-19-34-15-7-8-16-35(34)28-40)53-51(54-50)44-31-47-48(43-18-10-9-17-42(43)44)45-30-39(25-26-46(45)55-47)33-13-5-2-6-14-33/h1-31H. The van der Waals surface area contributed by atoms with Crippen LogP contribution in [-0.4, -0.2) is 15.0 Å². The zero-order valence-corrected chi connectivity index (χ0v) is 29.6. The van der Waals surface area contributed by atoms with Crippen LogP contribution in [0.4, 0.5) is 0 Å². The molecule has 0 radical (unpaired) electrons. The predicted octanol–water partition coefficient (Wildman–Crippen LogP) is 13.6. The van der Waals surface area contributed by atoms with Crippen molar-refractivity contribution in [2.75, 3.05) is 0 Å². The second-order valence-corrected chi connectivity index (χ2v) is 14.0. The third-order valence-corrected chi connectivity index (χ3v) is 10.7. The van der Waals surface area contributed by atoms with Crippen LogP contribution in [0.3, 0.4) is 0 Å². The molecule has 0 aliphatic carbocycles. The minimum atomic E-state index is 0.594. The van der Waals surface area contributed by atoms with Gasteiger partial charge in [0, 0.05) is 27.5 Å². The number of rotatable bonds is 5. The molecule has 0 aliphatic rings. The van der Waals surface area contributed by atoms with E-state index in [1.54, 1.807) is 0 Å². The lowest BCUT2D eigenvalue weighted by molar-refractivity contribution is 0.669. The molecule has 0 N–H and O–H groups in total. The van der Waals surface area contributed by atoms with Gasteiger partial charge in [-0.25, -0.2) is 15.0 Å². The van der Waals surface area contributed by atoms with Gasteiger partial charge in [-0.15, -0.1) is 0 Å². The van der Waals surface area contributed by atoms with Crippen molar-refractivity contribution in [2.45, 2.75) is 0 Å². The molecule has 256 valence electrons. The second kappa shape index (κ2) is 12.6. The normalized spacial score (nSPS) is 11.6. The average Bonchev–Trinajstić information content (AvgIpc) is 3.64. The minimum absolute atomic E-state index is 0.594. The highest BCUT2D eigenvalue weighted by atomic mass is 16.3. The van der Waals surface area contributed by atoms with Crippen molar-refractivity contribution in [1.82, 2.24) is 15.0 Å². The fourth-order valence-electron chi connectivity index (χ4n) is 7.91. The van der Waals surface area contributed by atoms with E-state index in [1.807, 2.05) is 12.1 Å². The van der Waals surface area contributed by atoms with Gasteiger partial charge in [0.05, 0.1) is 0 Å². The summed E-state index contributed by atoms with van der Waals surface area (Å²) >= 11 is 0. The molecule has 55 heavy (non-hydrogen) atoms. The van der Waals surface area contributed by atoms with Crippen molar-refractivity contribution >= 4 is 54.3 Å². The highest BCUT2D eigenvalue weighted by Crippen LogP contribution is 2.41. The summed E-state index contributed by atoms with van der Waals surface area (Å²) in [6, 6.07) is 65.8. The fraction of sp³-hybridized carbons (Fsp3) is 0. The molecule has 0 unspecified atom stereocenters. The van der Waals surface area contributed by atoms with Crippen molar-refractivity contribution in [3.8, 4) is 56.4 Å². The number of benzene rings is 9. The lowest BCUT2D eigenvalue weighted by Gasteiger charge is -2.12. The molecular weight excluding hydrogens is 671 g/mol. The van der Waals surface area contributed by atoms with Gasteiger partial charge < -0.3 is 4.42 Å². The van der Waals surface area contributed by atoms with Gasteiger partial charge in [0.1, 0.15) is 11.2 Å². The summed E-state index contributed by atoms with van der Waals surface area (Å²) in [5, 5.41) is 8.89. The lowest BCUT2D eigenvalue weighted by Crippen LogP contribution is -2.01. The van der Waals surface area contributed by atoms with E-state index in [4.69, 9.17) is 19.4 Å². The number of fused-ring (bicyclic) bond motifs is 7. The molecule has 11 rings (SSSR count). The van der Waals surface area contributed by atoms with Gasteiger partial charge in [0.15, 0.2) is 17.5 Å². The van der Waals surface area contributed by atoms with Crippen LogP contribution in [0.25, 0.3) is 111 Å². The van der Waals surface area contributed by atoms with E-state index in [0.717, 1.165) is 71.1 Å². The molecule has 2 aromatic heterocycles. The molecule has 4 nitrogen and oxygen atoms in total. The zero-order chi connectivity index (χ0) is 36.3. The summed E-state index contributed by atoms with van der Waals surface area (Å²) in [5.74, 6) is 1.83. The van der Waals surface area contributed by atoms with Crippen molar-refractivity contribution in [3.05, 3.63) is 188 Å². The van der Waals surface area contributed by atoms with Crippen LogP contribution in [-0.2, 0) is 0 Å². The molecule has 0 spiro atoms.